The van der Waals surface area contributed by atoms with Gasteiger partial charge in [0.15, 0.2) is 0 Å². The van der Waals surface area contributed by atoms with Crippen molar-refractivity contribution >= 4 is 33.3 Å². The minimum Gasteiger partial charge on any atom is -0.481 e. The van der Waals surface area contributed by atoms with Crippen molar-refractivity contribution in [2.24, 2.45) is 5.92 Å². The first-order valence-corrected chi connectivity index (χ1v) is 6.28. The van der Waals surface area contributed by atoms with E-state index in [1.807, 2.05) is 0 Å². The highest BCUT2D eigenvalue weighted by atomic mass is 79.9. The predicted octanol–water partition coefficient (Wildman–Crippen LogP) is 2.41. The standard InChI is InChI=1S/C11H10BrFN2O4/c12-7-2-10(15(18)19)9(3-8(7)13)14-4-6(5-14)1-11(16)17/h2-3,6H,1,4-5H2,(H,16,17). The molecule has 102 valence electrons. The number of anilines is 1. The van der Waals surface area contributed by atoms with Crippen molar-refractivity contribution in [3.63, 3.8) is 0 Å². The first kappa shape index (κ1) is 13.7. The topological polar surface area (TPSA) is 83.7 Å². The molecular formula is C11H10BrFN2O4. The van der Waals surface area contributed by atoms with E-state index < -0.39 is 16.7 Å². The highest BCUT2D eigenvalue weighted by molar-refractivity contribution is 9.10. The number of carboxylic acid groups (broad SMARTS) is 1. The van der Waals surface area contributed by atoms with Gasteiger partial charge in [0.05, 0.1) is 15.8 Å². The molecule has 0 bridgehead atoms. The molecular weight excluding hydrogens is 323 g/mol. The lowest BCUT2D eigenvalue weighted by molar-refractivity contribution is -0.384. The van der Waals surface area contributed by atoms with Crippen molar-refractivity contribution in [1.82, 2.24) is 0 Å². The van der Waals surface area contributed by atoms with E-state index in [2.05, 4.69) is 15.9 Å². The average Bonchev–Trinajstić information content (AvgIpc) is 2.25. The average molecular weight is 333 g/mol. The van der Waals surface area contributed by atoms with Gasteiger partial charge < -0.3 is 10.0 Å². The van der Waals surface area contributed by atoms with Crippen molar-refractivity contribution in [3.05, 3.63) is 32.5 Å². The molecule has 1 aromatic carbocycles. The van der Waals surface area contributed by atoms with Crippen LogP contribution in [0.25, 0.3) is 0 Å². The van der Waals surface area contributed by atoms with Crippen molar-refractivity contribution < 1.29 is 19.2 Å². The van der Waals surface area contributed by atoms with Crippen LogP contribution in [0.1, 0.15) is 6.42 Å². The SMILES string of the molecule is O=C(O)CC1CN(c2cc(F)c(Br)cc2[N+](=O)[O-])C1. The van der Waals surface area contributed by atoms with Crippen LogP contribution in [0.5, 0.6) is 0 Å². The molecule has 1 aliphatic rings. The number of nitrogens with zero attached hydrogens (tertiary/aromatic N) is 2. The Balaban J connectivity index is 2.19. The summed E-state index contributed by atoms with van der Waals surface area (Å²) in [5.41, 5.74) is -0.00520. The van der Waals surface area contributed by atoms with Crippen LogP contribution in [0.3, 0.4) is 0 Å². The molecule has 0 atom stereocenters. The van der Waals surface area contributed by atoms with E-state index in [-0.39, 0.29) is 28.2 Å². The maximum absolute atomic E-state index is 13.5. The van der Waals surface area contributed by atoms with E-state index in [9.17, 15) is 19.3 Å². The highest BCUT2D eigenvalue weighted by Gasteiger charge is 2.33. The van der Waals surface area contributed by atoms with Crippen LogP contribution < -0.4 is 4.90 Å². The molecule has 1 saturated heterocycles. The van der Waals surface area contributed by atoms with Gasteiger partial charge >= 0.3 is 5.97 Å². The second kappa shape index (κ2) is 5.12. The summed E-state index contributed by atoms with van der Waals surface area (Å²) in [7, 11) is 0. The summed E-state index contributed by atoms with van der Waals surface area (Å²) in [6.07, 6.45) is 0.0172. The van der Waals surface area contributed by atoms with Gasteiger partial charge in [0.1, 0.15) is 11.5 Å². The van der Waals surface area contributed by atoms with E-state index in [4.69, 9.17) is 5.11 Å². The van der Waals surface area contributed by atoms with Gasteiger partial charge in [-0.15, -0.1) is 0 Å². The first-order valence-electron chi connectivity index (χ1n) is 5.48. The molecule has 0 amide bonds. The fraction of sp³-hybridized carbons (Fsp3) is 0.364. The van der Waals surface area contributed by atoms with Gasteiger partial charge in [-0.2, -0.15) is 0 Å². The zero-order valence-electron chi connectivity index (χ0n) is 9.68. The number of carbonyl (C=O) groups is 1. The normalized spacial score (nSPS) is 15.2. The van der Waals surface area contributed by atoms with Gasteiger partial charge in [0.2, 0.25) is 0 Å². The van der Waals surface area contributed by atoms with Gasteiger partial charge in [-0.25, -0.2) is 4.39 Å². The molecule has 1 aromatic rings. The van der Waals surface area contributed by atoms with E-state index >= 15 is 0 Å². The summed E-state index contributed by atoms with van der Waals surface area (Å²) in [6.45, 7) is 0.766. The Morgan fingerprint density at radius 1 is 1.58 bits per heavy atom. The maximum Gasteiger partial charge on any atom is 0.303 e. The number of nitro groups is 1. The molecule has 1 aliphatic heterocycles. The molecule has 0 saturated carbocycles. The number of nitro benzene ring substituents is 1. The van der Waals surface area contributed by atoms with Crippen molar-refractivity contribution in [2.45, 2.75) is 6.42 Å². The van der Waals surface area contributed by atoms with Crippen LogP contribution >= 0.6 is 15.9 Å². The number of hydrogen-bond acceptors (Lipinski definition) is 4. The van der Waals surface area contributed by atoms with E-state index in [0.717, 1.165) is 12.1 Å². The van der Waals surface area contributed by atoms with Crippen molar-refractivity contribution in [3.8, 4) is 0 Å². The molecule has 1 fully saturated rings. The summed E-state index contributed by atoms with van der Waals surface area (Å²) in [5.74, 6) is -1.53. The lowest BCUT2D eigenvalue weighted by atomic mass is 9.95. The van der Waals surface area contributed by atoms with Crippen LogP contribution in [-0.2, 0) is 4.79 Å². The molecule has 0 unspecified atom stereocenters. The number of carboxylic acids is 1. The molecule has 8 heteroatoms. The molecule has 1 N–H and O–H groups in total. The molecule has 0 spiro atoms. The minimum absolute atomic E-state index is 0.0172. The summed E-state index contributed by atoms with van der Waals surface area (Å²) in [5, 5.41) is 19.6. The Kier molecular flexibility index (Phi) is 3.70. The quantitative estimate of drug-likeness (QED) is 0.676. The zero-order valence-corrected chi connectivity index (χ0v) is 11.3. The van der Waals surface area contributed by atoms with E-state index in [1.54, 1.807) is 4.90 Å². The molecule has 19 heavy (non-hydrogen) atoms. The van der Waals surface area contributed by atoms with Gasteiger partial charge in [-0.3, -0.25) is 14.9 Å². The molecule has 6 nitrogen and oxygen atoms in total. The van der Waals surface area contributed by atoms with Crippen LogP contribution in [0, 0.1) is 21.8 Å². The zero-order chi connectivity index (χ0) is 14.2. The number of rotatable bonds is 4. The van der Waals surface area contributed by atoms with E-state index in [0.29, 0.717) is 13.1 Å². The molecule has 0 aliphatic carbocycles. The maximum atomic E-state index is 13.5. The summed E-state index contributed by atoms with van der Waals surface area (Å²) in [6, 6.07) is 2.22. The minimum atomic E-state index is -0.902. The third kappa shape index (κ3) is 2.83. The number of halogens is 2. The lowest BCUT2D eigenvalue weighted by Gasteiger charge is -2.40. The van der Waals surface area contributed by atoms with Crippen LogP contribution in [0.4, 0.5) is 15.8 Å². The Labute approximate surface area is 116 Å². The van der Waals surface area contributed by atoms with Gasteiger partial charge in [-0.05, 0) is 15.9 Å². The molecule has 1 heterocycles. The Bertz CT molecular complexity index is 546. The fourth-order valence-corrected chi connectivity index (χ4v) is 2.40. The number of aliphatic carboxylic acids is 1. The monoisotopic (exact) mass is 332 g/mol. The largest absolute Gasteiger partial charge is 0.481 e. The highest BCUT2D eigenvalue weighted by Crippen LogP contribution is 2.37. The van der Waals surface area contributed by atoms with Crippen LogP contribution in [0.2, 0.25) is 0 Å². The third-order valence-electron chi connectivity index (χ3n) is 2.98. The van der Waals surface area contributed by atoms with Gasteiger partial charge in [0, 0.05) is 31.1 Å². The lowest BCUT2D eigenvalue weighted by Crippen LogP contribution is -2.47. The van der Waals surface area contributed by atoms with Crippen LogP contribution in [0.15, 0.2) is 16.6 Å². The number of hydrogen-bond donors (Lipinski definition) is 1. The second-order valence-corrected chi connectivity index (χ2v) is 5.24. The Morgan fingerprint density at radius 3 is 2.74 bits per heavy atom. The van der Waals surface area contributed by atoms with E-state index in [1.165, 1.54) is 0 Å². The van der Waals surface area contributed by atoms with Gasteiger partial charge in [-0.1, -0.05) is 0 Å². The van der Waals surface area contributed by atoms with Crippen LogP contribution in [-0.4, -0.2) is 29.1 Å². The molecule has 0 radical (unpaired) electrons. The molecule has 2 rings (SSSR count). The molecule has 0 aromatic heterocycles. The summed E-state index contributed by atoms with van der Waals surface area (Å²) in [4.78, 5) is 22.5. The predicted molar refractivity (Wildman–Crippen MR) is 68.7 cm³/mol. The summed E-state index contributed by atoms with van der Waals surface area (Å²) >= 11 is 2.91. The van der Waals surface area contributed by atoms with Gasteiger partial charge in [0.25, 0.3) is 5.69 Å². The first-order chi connectivity index (χ1) is 8.88. The number of benzene rings is 1. The fourth-order valence-electron chi connectivity index (χ4n) is 2.07. The Morgan fingerprint density at radius 2 is 2.21 bits per heavy atom. The third-order valence-corrected chi connectivity index (χ3v) is 3.58. The smallest absolute Gasteiger partial charge is 0.303 e. The summed E-state index contributed by atoms with van der Waals surface area (Å²) < 4.78 is 13.5. The van der Waals surface area contributed by atoms with Crippen molar-refractivity contribution in [1.29, 1.82) is 0 Å². The van der Waals surface area contributed by atoms with Crippen molar-refractivity contribution in [2.75, 3.05) is 18.0 Å². The second-order valence-electron chi connectivity index (χ2n) is 4.38. The Hall–Kier alpha value is -1.70.